The Labute approximate surface area is 161 Å². The number of nitrogens with one attached hydrogen (secondary N) is 1. The van der Waals surface area contributed by atoms with Gasteiger partial charge in [0.1, 0.15) is 12.4 Å². The Balaban J connectivity index is 1.59. The van der Waals surface area contributed by atoms with Crippen molar-refractivity contribution >= 4 is 21.8 Å². The van der Waals surface area contributed by atoms with Crippen molar-refractivity contribution in [3.8, 4) is 5.75 Å². The highest BCUT2D eigenvalue weighted by molar-refractivity contribution is 9.10. The van der Waals surface area contributed by atoms with E-state index in [1.165, 1.54) is 0 Å². The van der Waals surface area contributed by atoms with E-state index in [9.17, 15) is 4.79 Å². The molecule has 0 unspecified atom stereocenters. The molecule has 134 valence electrons. The summed E-state index contributed by atoms with van der Waals surface area (Å²) in [6.07, 6.45) is 0. The number of aromatic nitrogens is 2. The number of carbonyl (C=O) groups is 1. The van der Waals surface area contributed by atoms with Crippen molar-refractivity contribution in [1.82, 2.24) is 15.1 Å². The number of carbonyl (C=O) groups excluding carboxylic acids is 1. The van der Waals surface area contributed by atoms with Gasteiger partial charge in [0.05, 0.1) is 17.9 Å². The molecule has 0 aliphatic carbocycles. The van der Waals surface area contributed by atoms with Gasteiger partial charge in [0.15, 0.2) is 0 Å². The van der Waals surface area contributed by atoms with Gasteiger partial charge in [0, 0.05) is 17.1 Å². The van der Waals surface area contributed by atoms with Crippen molar-refractivity contribution in [2.24, 2.45) is 7.05 Å². The predicted octanol–water partition coefficient (Wildman–Crippen LogP) is 4.00. The fourth-order valence-electron chi connectivity index (χ4n) is 2.60. The second-order valence-corrected chi connectivity index (χ2v) is 6.94. The molecule has 0 atom stereocenters. The second-order valence-electron chi connectivity index (χ2n) is 6.03. The molecule has 1 N–H and O–H groups in total. The molecule has 0 bridgehead atoms. The van der Waals surface area contributed by atoms with Crippen LogP contribution in [0.25, 0.3) is 0 Å². The second kappa shape index (κ2) is 8.19. The van der Waals surface area contributed by atoms with Gasteiger partial charge in [0.25, 0.3) is 5.91 Å². The maximum Gasteiger partial charge on any atom is 0.251 e. The maximum atomic E-state index is 12.4. The first-order chi connectivity index (χ1) is 12.5. The first kappa shape index (κ1) is 18.2. The van der Waals surface area contributed by atoms with E-state index in [4.69, 9.17) is 4.74 Å². The summed E-state index contributed by atoms with van der Waals surface area (Å²) in [5, 5.41) is 7.21. The smallest absolute Gasteiger partial charge is 0.251 e. The van der Waals surface area contributed by atoms with E-state index >= 15 is 0 Å². The number of nitrogens with zero attached hydrogens (tertiary/aromatic N) is 2. The molecule has 0 spiro atoms. The van der Waals surface area contributed by atoms with Gasteiger partial charge in [-0.1, -0.05) is 28.1 Å². The number of rotatable bonds is 6. The normalized spacial score (nSPS) is 10.6. The zero-order valence-corrected chi connectivity index (χ0v) is 16.3. The molecule has 0 saturated heterocycles. The summed E-state index contributed by atoms with van der Waals surface area (Å²) in [5.74, 6) is 0.670. The molecule has 0 fully saturated rings. The average Bonchev–Trinajstić information content (AvgIpc) is 2.96. The number of halogens is 1. The molecule has 6 heteroatoms. The Kier molecular flexibility index (Phi) is 5.73. The predicted molar refractivity (Wildman–Crippen MR) is 104 cm³/mol. The first-order valence-corrected chi connectivity index (χ1v) is 9.05. The number of hydrogen-bond donors (Lipinski definition) is 1. The number of amides is 1. The van der Waals surface area contributed by atoms with Crippen molar-refractivity contribution < 1.29 is 9.53 Å². The SMILES string of the molecule is Cc1cc(CNC(=O)c2cccc(COc3ccc(Br)cc3)c2)n(C)n1. The van der Waals surface area contributed by atoms with Gasteiger partial charge in [-0.15, -0.1) is 0 Å². The van der Waals surface area contributed by atoms with E-state index in [1.807, 2.05) is 62.5 Å². The van der Waals surface area contributed by atoms with E-state index in [1.54, 1.807) is 10.7 Å². The lowest BCUT2D eigenvalue weighted by Gasteiger charge is -2.09. The molecule has 0 aliphatic rings. The van der Waals surface area contributed by atoms with Crippen LogP contribution in [0.1, 0.15) is 27.3 Å². The maximum absolute atomic E-state index is 12.4. The van der Waals surface area contributed by atoms with Crippen LogP contribution in [-0.2, 0) is 20.2 Å². The summed E-state index contributed by atoms with van der Waals surface area (Å²) in [7, 11) is 1.87. The highest BCUT2D eigenvalue weighted by Crippen LogP contribution is 2.17. The Morgan fingerprint density at radius 1 is 1.19 bits per heavy atom. The van der Waals surface area contributed by atoms with Gasteiger partial charge < -0.3 is 10.1 Å². The fraction of sp³-hybridized carbons (Fsp3) is 0.200. The third-order valence-corrected chi connectivity index (χ3v) is 4.47. The molecule has 0 saturated carbocycles. The fourth-order valence-corrected chi connectivity index (χ4v) is 2.87. The third kappa shape index (κ3) is 4.73. The van der Waals surface area contributed by atoms with Crippen LogP contribution in [0.2, 0.25) is 0 Å². The summed E-state index contributed by atoms with van der Waals surface area (Å²) >= 11 is 3.40. The number of benzene rings is 2. The number of aryl methyl sites for hydroxylation is 2. The van der Waals surface area contributed by atoms with Gasteiger partial charge in [-0.3, -0.25) is 9.48 Å². The van der Waals surface area contributed by atoms with Crippen molar-refractivity contribution in [2.45, 2.75) is 20.1 Å². The molecule has 26 heavy (non-hydrogen) atoms. The zero-order chi connectivity index (χ0) is 18.5. The van der Waals surface area contributed by atoms with Crippen LogP contribution in [0.15, 0.2) is 59.1 Å². The van der Waals surface area contributed by atoms with Crippen molar-refractivity contribution in [3.05, 3.63) is 81.6 Å². The summed E-state index contributed by atoms with van der Waals surface area (Å²) < 4.78 is 8.55. The van der Waals surface area contributed by atoms with E-state index in [0.717, 1.165) is 27.2 Å². The Morgan fingerprint density at radius 3 is 2.65 bits per heavy atom. The van der Waals surface area contributed by atoms with Gasteiger partial charge >= 0.3 is 0 Å². The minimum atomic E-state index is -0.116. The molecule has 2 aromatic carbocycles. The Hall–Kier alpha value is -2.60. The van der Waals surface area contributed by atoms with Crippen molar-refractivity contribution in [1.29, 1.82) is 0 Å². The molecular formula is C20H20BrN3O2. The monoisotopic (exact) mass is 413 g/mol. The van der Waals surface area contributed by atoms with Crippen molar-refractivity contribution in [2.75, 3.05) is 0 Å². The first-order valence-electron chi connectivity index (χ1n) is 8.26. The summed E-state index contributed by atoms with van der Waals surface area (Å²) in [4.78, 5) is 12.4. The van der Waals surface area contributed by atoms with Crippen LogP contribution in [-0.4, -0.2) is 15.7 Å². The molecular weight excluding hydrogens is 394 g/mol. The van der Waals surface area contributed by atoms with Gasteiger partial charge in [-0.25, -0.2) is 0 Å². The number of ether oxygens (including phenoxy) is 1. The van der Waals surface area contributed by atoms with Gasteiger partial charge in [-0.05, 0) is 55.0 Å². The highest BCUT2D eigenvalue weighted by atomic mass is 79.9. The molecule has 5 nitrogen and oxygen atoms in total. The van der Waals surface area contributed by atoms with Gasteiger partial charge in [-0.2, -0.15) is 5.10 Å². The van der Waals surface area contributed by atoms with Crippen LogP contribution in [0.4, 0.5) is 0 Å². The third-order valence-electron chi connectivity index (χ3n) is 3.94. The molecule has 1 heterocycles. The van der Waals surface area contributed by atoms with E-state index in [-0.39, 0.29) is 5.91 Å². The van der Waals surface area contributed by atoms with Crippen LogP contribution in [0.5, 0.6) is 5.75 Å². The van der Waals surface area contributed by atoms with Crippen LogP contribution < -0.4 is 10.1 Å². The molecule has 1 aromatic heterocycles. The molecule has 0 aliphatic heterocycles. The van der Waals surface area contributed by atoms with Crippen LogP contribution in [0.3, 0.4) is 0 Å². The minimum absolute atomic E-state index is 0.116. The van der Waals surface area contributed by atoms with E-state index in [0.29, 0.717) is 18.7 Å². The number of hydrogen-bond acceptors (Lipinski definition) is 3. The molecule has 3 aromatic rings. The summed E-state index contributed by atoms with van der Waals surface area (Å²) in [6.45, 7) is 2.78. The zero-order valence-electron chi connectivity index (χ0n) is 14.7. The molecule has 3 rings (SSSR count). The molecule has 0 radical (unpaired) electrons. The highest BCUT2D eigenvalue weighted by Gasteiger charge is 2.08. The Bertz CT molecular complexity index is 904. The van der Waals surface area contributed by atoms with Gasteiger partial charge in [0.2, 0.25) is 0 Å². The van der Waals surface area contributed by atoms with E-state index < -0.39 is 0 Å². The van der Waals surface area contributed by atoms with Crippen molar-refractivity contribution in [3.63, 3.8) is 0 Å². The largest absolute Gasteiger partial charge is 0.489 e. The molecule has 1 amide bonds. The topological polar surface area (TPSA) is 56.1 Å². The average molecular weight is 414 g/mol. The summed E-state index contributed by atoms with van der Waals surface area (Å²) in [5.41, 5.74) is 3.45. The summed E-state index contributed by atoms with van der Waals surface area (Å²) in [6, 6.07) is 17.1. The van der Waals surface area contributed by atoms with E-state index in [2.05, 4.69) is 26.3 Å². The standard InChI is InChI=1S/C20H20BrN3O2/c1-14-10-18(24(2)23-14)12-22-20(25)16-5-3-4-15(11-16)13-26-19-8-6-17(21)7-9-19/h3-11H,12-13H2,1-2H3,(H,22,25). The van der Waals surface area contributed by atoms with Crippen LogP contribution >= 0.6 is 15.9 Å². The lowest BCUT2D eigenvalue weighted by molar-refractivity contribution is 0.0950. The Morgan fingerprint density at radius 2 is 1.96 bits per heavy atom. The lowest BCUT2D eigenvalue weighted by Crippen LogP contribution is -2.24. The minimum Gasteiger partial charge on any atom is -0.489 e. The van der Waals surface area contributed by atoms with Crippen LogP contribution in [0, 0.1) is 6.92 Å². The lowest BCUT2D eigenvalue weighted by atomic mass is 10.1. The quantitative estimate of drug-likeness (QED) is 0.664.